The number of nitrogens with two attached hydrogens (primary N) is 1. The molecule has 2 fully saturated rings. The SMILES string of the molecule is NO[C@@H]1CC(O)[C@H](O)C(CO)O1.OCC1OCC[C@@H](O)C1O. The monoisotopic (exact) mass is 327 g/mol. The van der Waals surface area contributed by atoms with E-state index >= 15 is 0 Å². The van der Waals surface area contributed by atoms with Crippen LogP contribution in [0.2, 0.25) is 0 Å². The van der Waals surface area contributed by atoms with Gasteiger partial charge in [0, 0.05) is 13.0 Å². The summed E-state index contributed by atoms with van der Waals surface area (Å²) in [6.45, 7) is -0.209. The molecule has 0 bridgehead atoms. The van der Waals surface area contributed by atoms with Gasteiger partial charge in [-0.15, -0.1) is 0 Å². The van der Waals surface area contributed by atoms with Gasteiger partial charge in [-0.2, -0.15) is 0 Å². The highest BCUT2D eigenvalue weighted by Gasteiger charge is 2.36. The van der Waals surface area contributed by atoms with E-state index in [4.69, 9.17) is 35.8 Å². The summed E-state index contributed by atoms with van der Waals surface area (Å²) in [5.41, 5.74) is 0. The zero-order valence-electron chi connectivity index (χ0n) is 12.1. The molecule has 2 saturated heterocycles. The van der Waals surface area contributed by atoms with Crippen molar-refractivity contribution in [2.45, 2.75) is 55.8 Å². The molecule has 0 aromatic rings. The molecule has 0 radical (unpaired) electrons. The molecule has 132 valence electrons. The molecule has 0 saturated carbocycles. The van der Waals surface area contributed by atoms with Gasteiger partial charge in [-0.1, -0.05) is 0 Å². The minimum Gasteiger partial charge on any atom is -0.394 e. The molecular weight excluding hydrogens is 302 g/mol. The minimum atomic E-state index is -1.08. The van der Waals surface area contributed by atoms with Crippen molar-refractivity contribution in [3.8, 4) is 0 Å². The Balaban J connectivity index is 0.000000224. The van der Waals surface area contributed by atoms with Gasteiger partial charge in [-0.3, -0.25) is 4.84 Å². The van der Waals surface area contributed by atoms with Crippen LogP contribution in [0.1, 0.15) is 12.8 Å². The summed E-state index contributed by atoms with van der Waals surface area (Å²) in [6.07, 6.45) is -5.38. The average molecular weight is 327 g/mol. The molecule has 0 aromatic carbocycles. The van der Waals surface area contributed by atoms with Crippen LogP contribution in [0.5, 0.6) is 0 Å². The van der Waals surface area contributed by atoms with Gasteiger partial charge in [0.1, 0.15) is 24.4 Å². The lowest BCUT2D eigenvalue weighted by Gasteiger charge is -2.34. The van der Waals surface area contributed by atoms with Crippen LogP contribution in [0.3, 0.4) is 0 Å². The molecule has 8 N–H and O–H groups in total. The Kier molecular flexibility index (Phi) is 8.64. The van der Waals surface area contributed by atoms with Crippen LogP contribution in [0.15, 0.2) is 0 Å². The number of aliphatic hydroxyl groups is 6. The maximum Gasteiger partial charge on any atom is 0.180 e. The van der Waals surface area contributed by atoms with Crippen molar-refractivity contribution in [2.24, 2.45) is 5.90 Å². The first-order chi connectivity index (χ1) is 10.4. The van der Waals surface area contributed by atoms with Gasteiger partial charge in [0.25, 0.3) is 0 Å². The van der Waals surface area contributed by atoms with Crippen molar-refractivity contribution >= 4 is 0 Å². The molecule has 7 atom stereocenters. The summed E-state index contributed by atoms with van der Waals surface area (Å²) >= 11 is 0. The van der Waals surface area contributed by atoms with E-state index in [0.717, 1.165) is 0 Å². The van der Waals surface area contributed by atoms with E-state index in [1.807, 2.05) is 0 Å². The van der Waals surface area contributed by atoms with Gasteiger partial charge >= 0.3 is 0 Å². The van der Waals surface area contributed by atoms with Crippen LogP contribution < -0.4 is 5.90 Å². The Morgan fingerprint density at radius 1 is 0.955 bits per heavy atom. The molecule has 0 aromatic heterocycles. The Labute approximate surface area is 127 Å². The highest BCUT2D eigenvalue weighted by molar-refractivity contribution is 4.82. The van der Waals surface area contributed by atoms with Gasteiger partial charge in [0.05, 0.1) is 25.4 Å². The molecule has 0 amide bonds. The van der Waals surface area contributed by atoms with Crippen LogP contribution in [-0.4, -0.2) is 93.4 Å². The largest absolute Gasteiger partial charge is 0.394 e. The summed E-state index contributed by atoms with van der Waals surface area (Å²) in [7, 11) is 0. The van der Waals surface area contributed by atoms with Crippen LogP contribution in [-0.2, 0) is 14.3 Å². The topological polar surface area (TPSA) is 175 Å². The summed E-state index contributed by atoms with van der Waals surface area (Å²) in [5, 5.41) is 53.8. The third-order valence-electron chi connectivity index (χ3n) is 3.57. The Hall–Kier alpha value is -0.400. The average Bonchev–Trinajstić information content (AvgIpc) is 2.53. The fourth-order valence-electron chi connectivity index (χ4n) is 2.17. The molecule has 10 nitrogen and oxygen atoms in total. The van der Waals surface area contributed by atoms with Gasteiger partial charge in [0.15, 0.2) is 6.29 Å². The lowest BCUT2D eigenvalue weighted by atomic mass is 10.0. The summed E-state index contributed by atoms with van der Waals surface area (Å²) in [6, 6.07) is 0. The quantitative estimate of drug-likeness (QED) is 0.254. The molecule has 0 aliphatic carbocycles. The van der Waals surface area contributed by atoms with Gasteiger partial charge in [-0.05, 0) is 6.42 Å². The molecule has 2 heterocycles. The van der Waals surface area contributed by atoms with Crippen molar-refractivity contribution in [1.29, 1.82) is 0 Å². The van der Waals surface area contributed by atoms with E-state index in [-0.39, 0.29) is 19.6 Å². The zero-order chi connectivity index (χ0) is 16.7. The van der Waals surface area contributed by atoms with Crippen LogP contribution in [0, 0.1) is 0 Å². The summed E-state index contributed by atoms with van der Waals surface area (Å²) in [4.78, 5) is 4.34. The number of hydrogen-bond acceptors (Lipinski definition) is 10. The maximum atomic E-state index is 9.22. The second-order valence-electron chi connectivity index (χ2n) is 5.15. The number of rotatable bonds is 3. The van der Waals surface area contributed by atoms with Crippen molar-refractivity contribution in [3.63, 3.8) is 0 Å². The van der Waals surface area contributed by atoms with Crippen molar-refractivity contribution < 1.29 is 45.0 Å². The van der Waals surface area contributed by atoms with Crippen molar-refractivity contribution in [3.05, 3.63) is 0 Å². The summed E-state index contributed by atoms with van der Waals surface area (Å²) in [5.74, 6) is 4.83. The van der Waals surface area contributed by atoms with Crippen molar-refractivity contribution in [1.82, 2.24) is 0 Å². The molecule has 10 heteroatoms. The fourth-order valence-corrected chi connectivity index (χ4v) is 2.17. The van der Waals surface area contributed by atoms with E-state index < -0.39 is 42.9 Å². The number of ether oxygens (including phenoxy) is 2. The smallest absolute Gasteiger partial charge is 0.180 e. The molecule has 22 heavy (non-hydrogen) atoms. The zero-order valence-corrected chi connectivity index (χ0v) is 12.1. The first kappa shape index (κ1) is 19.6. The van der Waals surface area contributed by atoms with E-state index in [1.165, 1.54) is 0 Å². The predicted molar refractivity (Wildman–Crippen MR) is 71.1 cm³/mol. The van der Waals surface area contributed by atoms with Crippen LogP contribution >= 0.6 is 0 Å². The van der Waals surface area contributed by atoms with Crippen LogP contribution in [0.25, 0.3) is 0 Å². The lowest BCUT2D eigenvalue weighted by Crippen LogP contribution is -2.51. The van der Waals surface area contributed by atoms with Gasteiger partial charge in [0.2, 0.25) is 0 Å². The van der Waals surface area contributed by atoms with Gasteiger partial charge in [-0.25, -0.2) is 5.90 Å². The first-order valence-electron chi connectivity index (χ1n) is 7.01. The van der Waals surface area contributed by atoms with Gasteiger partial charge < -0.3 is 40.1 Å². The summed E-state index contributed by atoms with van der Waals surface area (Å²) < 4.78 is 9.91. The van der Waals surface area contributed by atoms with Crippen molar-refractivity contribution in [2.75, 3.05) is 19.8 Å². The highest BCUT2D eigenvalue weighted by atomic mass is 16.8. The molecule has 2 rings (SSSR count). The third-order valence-corrected chi connectivity index (χ3v) is 3.57. The second-order valence-corrected chi connectivity index (χ2v) is 5.15. The van der Waals surface area contributed by atoms with E-state index in [1.54, 1.807) is 0 Å². The van der Waals surface area contributed by atoms with Crippen LogP contribution in [0.4, 0.5) is 0 Å². The molecular formula is C12H25NO9. The Bertz CT molecular complexity index is 308. The molecule has 0 spiro atoms. The highest BCUT2D eigenvalue weighted by Crippen LogP contribution is 2.19. The number of hydrogen-bond donors (Lipinski definition) is 7. The van der Waals surface area contributed by atoms with E-state index in [2.05, 4.69) is 4.84 Å². The third kappa shape index (κ3) is 5.35. The van der Waals surface area contributed by atoms with E-state index in [0.29, 0.717) is 13.0 Å². The fraction of sp³-hybridized carbons (Fsp3) is 1.00. The molecule has 2 aliphatic heterocycles. The minimum absolute atomic E-state index is 0.105. The normalized spacial score (nSPS) is 42.4. The van der Waals surface area contributed by atoms with E-state index in [9.17, 15) is 10.2 Å². The second kappa shape index (κ2) is 9.67. The number of aliphatic hydroxyl groups excluding tert-OH is 6. The molecule has 4 unspecified atom stereocenters. The lowest BCUT2D eigenvalue weighted by molar-refractivity contribution is -0.258. The first-order valence-corrected chi connectivity index (χ1v) is 7.01. The predicted octanol–water partition coefficient (Wildman–Crippen LogP) is -3.80. The Morgan fingerprint density at radius 2 is 1.55 bits per heavy atom. The maximum absolute atomic E-state index is 9.22. The molecule has 2 aliphatic rings. The Morgan fingerprint density at radius 3 is 2.05 bits per heavy atom. The standard InChI is InChI=1S/C6H13NO5.C6H12O4/c7-12-5-1-3(9)6(10)4(2-8)11-5;7-3-5-6(9)4(8)1-2-10-5/h3-6,8-10H,1-2,7H2;4-9H,1-3H2/t3?,4?,5-,6+;4-,5?,6?/m11/s1.